The van der Waals surface area contributed by atoms with Gasteiger partial charge in [0, 0.05) is 30.8 Å². The van der Waals surface area contributed by atoms with E-state index in [1.807, 2.05) is 30.3 Å². The largest absolute Gasteiger partial charge is 0.358 e. The Morgan fingerprint density at radius 2 is 2.10 bits per heavy atom. The van der Waals surface area contributed by atoms with E-state index in [2.05, 4.69) is 20.7 Å². The third-order valence-electron chi connectivity index (χ3n) is 4.65. The summed E-state index contributed by atoms with van der Waals surface area (Å²) < 4.78 is 5.19. The third kappa shape index (κ3) is 3.70. The molecular weight excluding hydrogens is 380 g/mol. The molecule has 0 spiro atoms. The maximum Gasteiger partial charge on any atom is 0.355 e. The molecule has 1 fully saturated rings. The first-order valence-corrected chi connectivity index (χ1v) is 8.83. The Labute approximate surface area is 163 Å². The van der Waals surface area contributed by atoms with Gasteiger partial charge in [-0.2, -0.15) is 0 Å². The SMILES string of the molecule is O=C(N[C@@H]1CCN(C(=O)c2cc(-c3ccccc3)no2)C1)c1cn[nH]c1[N+](=O)[O-]. The normalized spacial score (nSPS) is 16.0. The Balaban J connectivity index is 1.39. The van der Waals surface area contributed by atoms with Gasteiger partial charge in [0.25, 0.3) is 11.8 Å². The molecule has 1 atom stereocenters. The van der Waals surface area contributed by atoms with Gasteiger partial charge in [0.15, 0.2) is 5.56 Å². The van der Waals surface area contributed by atoms with Crippen LogP contribution in [0.4, 0.5) is 5.82 Å². The molecule has 0 bridgehead atoms. The number of H-pyrrole nitrogens is 1. The van der Waals surface area contributed by atoms with Crippen LogP contribution in [-0.2, 0) is 0 Å². The Bertz CT molecular complexity index is 1060. The maximum absolute atomic E-state index is 12.7. The summed E-state index contributed by atoms with van der Waals surface area (Å²) in [5.74, 6) is -1.30. The van der Waals surface area contributed by atoms with Gasteiger partial charge >= 0.3 is 5.82 Å². The zero-order valence-corrected chi connectivity index (χ0v) is 15.1. The summed E-state index contributed by atoms with van der Waals surface area (Å²) in [7, 11) is 0. The van der Waals surface area contributed by atoms with E-state index in [9.17, 15) is 19.7 Å². The molecule has 0 aliphatic carbocycles. The lowest BCUT2D eigenvalue weighted by atomic mass is 10.1. The van der Waals surface area contributed by atoms with E-state index in [4.69, 9.17) is 4.52 Å². The average molecular weight is 396 g/mol. The monoisotopic (exact) mass is 396 g/mol. The van der Waals surface area contributed by atoms with Crippen molar-refractivity contribution in [2.45, 2.75) is 12.5 Å². The van der Waals surface area contributed by atoms with Crippen LogP contribution in [0.15, 0.2) is 47.1 Å². The van der Waals surface area contributed by atoms with E-state index in [0.717, 1.165) is 11.8 Å². The van der Waals surface area contributed by atoms with Gasteiger partial charge in [0.1, 0.15) is 5.69 Å². The lowest BCUT2D eigenvalue weighted by Crippen LogP contribution is -2.38. The first-order valence-electron chi connectivity index (χ1n) is 8.83. The molecule has 1 aliphatic rings. The standard InChI is InChI=1S/C18H16N6O5/c25-17(13-9-19-21-16(13)24(27)28)20-12-6-7-23(10-12)18(26)15-8-14(22-29-15)11-4-2-1-3-5-11/h1-5,8-9,12H,6-7,10H2,(H,19,21)(H,20,25)/t12-/m1/s1. The quantitative estimate of drug-likeness (QED) is 0.492. The molecule has 11 heteroatoms. The van der Waals surface area contributed by atoms with Gasteiger partial charge in [-0.15, -0.1) is 5.10 Å². The fourth-order valence-electron chi connectivity index (χ4n) is 3.19. The average Bonchev–Trinajstić information content (AvgIpc) is 3.47. The Morgan fingerprint density at radius 1 is 1.31 bits per heavy atom. The number of benzene rings is 1. The molecular formula is C18H16N6O5. The summed E-state index contributed by atoms with van der Waals surface area (Å²) in [5, 5.41) is 23.3. The highest BCUT2D eigenvalue weighted by Gasteiger charge is 2.32. The number of rotatable bonds is 5. The Morgan fingerprint density at radius 3 is 2.86 bits per heavy atom. The smallest absolute Gasteiger partial charge is 0.355 e. The molecule has 1 aromatic carbocycles. The molecule has 2 amide bonds. The van der Waals surface area contributed by atoms with E-state index in [0.29, 0.717) is 18.7 Å². The number of hydrogen-bond acceptors (Lipinski definition) is 7. The van der Waals surface area contributed by atoms with E-state index in [1.54, 1.807) is 11.0 Å². The van der Waals surface area contributed by atoms with Crippen molar-refractivity contribution in [3.63, 3.8) is 0 Å². The lowest BCUT2D eigenvalue weighted by molar-refractivity contribution is -0.389. The number of nitrogens with zero attached hydrogens (tertiary/aromatic N) is 4. The summed E-state index contributed by atoms with van der Waals surface area (Å²) in [6.45, 7) is 0.677. The van der Waals surface area contributed by atoms with Gasteiger partial charge in [-0.1, -0.05) is 40.6 Å². The first kappa shape index (κ1) is 18.3. The van der Waals surface area contributed by atoms with Crippen molar-refractivity contribution < 1.29 is 19.0 Å². The lowest BCUT2D eigenvalue weighted by Gasteiger charge is -2.15. The highest BCUT2D eigenvalue weighted by atomic mass is 16.6. The van der Waals surface area contributed by atoms with Gasteiger partial charge in [-0.25, -0.2) is 0 Å². The van der Waals surface area contributed by atoms with Crippen molar-refractivity contribution in [2.24, 2.45) is 0 Å². The van der Waals surface area contributed by atoms with Crippen molar-refractivity contribution in [3.05, 3.63) is 64.0 Å². The van der Waals surface area contributed by atoms with Crippen molar-refractivity contribution in [1.29, 1.82) is 0 Å². The second kappa shape index (κ2) is 7.54. The minimum absolute atomic E-state index is 0.112. The molecule has 3 aromatic rings. The van der Waals surface area contributed by atoms with Gasteiger partial charge in [-0.05, 0) is 11.3 Å². The number of carbonyl (C=O) groups excluding carboxylic acids is 2. The fourth-order valence-corrected chi connectivity index (χ4v) is 3.19. The van der Waals surface area contributed by atoms with Gasteiger partial charge in [0.05, 0.1) is 6.20 Å². The molecule has 0 saturated carbocycles. The van der Waals surface area contributed by atoms with Crippen LogP contribution < -0.4 is 5.32 Å². The van der Waals surface area contributed by atoms with Crippen LogP contribution in [0.25, 0.3) is 11.3 Å². The van der Waals surface area contributed by atoms with Gasteiger partial charge < -0.3 is 24.9 Å². The number of likely N-dealkylation sites (tertiary alicyclic amines) is 1. The zero-order valence-electron chi connectivity index (χ0n) is 15.1. The molecule has 148 valence electrons. The van der Waals surface area contributed by atoms with Crippen LogP contribution in [0.2, 0.25) is 0 Å². The first-order chi connectivity index (χ1) is 14.0. The van der Waals surface area contributed by atoms with Crippen molar-refractivity contribution >= 4 is 17.6 Å². The van der Waals surface area contributed by atoms with Crippen molar-refractivity contribution in [2.75, 3.05) is 13.1 Å². The summed E-state index contributed by atoms with van der Waals surface area (Å²) in [6.07, 6.45) is 1.62. The van der Waals surface area contributed by atoms with E-state index in [-0.39, 0.29) is 29.8 Å². The van der Waals surface area contributed by atoms with Crippen LogP contribution in [0.1, 0.15) is 27.3 Å². The number of nitro groups is 1. The van der Waals surface area contributed by atoms with Crippen LogP contribution in [0.3, 0.4) is 0 Å². The molecule has 1 saturated heterocycles. The predicted molar refractivity (Wildman–Crippen MR) is 99.0 cm³/mol. The zero-order chi connectivity index (χ0) is 20.4. The molecule has 29 heavy (non-hydrogen) atoms. The second-order valence-electron chi connectivity index (χ2n) is 6.54. The highest BCUT2D eigenvalue weighted by molar-refractivity contribution is 5.97. The molecule has 4 rings (SSSR count). The number of aromatic amines is 1. The van der Waals surface area contributed by atoms with Crippen LogP contribution in [0.5, 0.6) is 0 Å². The number of hydrogen-bond donors (Lipinski definition) is 2. The molecule has 11 nitrogen and oxygen atoms in total. The van der Waals surface area contributed by atoms with Crippen molar-refractivity contribution in [1.82, 2.24) is 25.6 Å². The molecule has 1 aliphatic heterocycles. The topological polar surface area (TPSA) is 147 Å². The van der Waals surface area contributed by atoms with Crippen LogP contribution in [-0.4, -0.2) is 56.1 Å². The molecule has 0 unspecified atom stereocenters. The number of nitrogens with one attached hydrogen (secondary N) is 2. The fraction of sp³-hybridized carbons (Fsp3) is 0.222. The minimum atomic E-state index is -0.708. The van der Waals surface area contributed by atoms with Crippen LogP contribution >= 0.6 is 0 Å². The maximum atomic E-state index is 12.7. The molecule has 2 N–H and O–H groups in total. The number of aromatic nitrogens is 3. The molecule has 3 heterocycles. The summed E-state index contributed by atoms with van der Waals surface area (Å²) >= 11 is 0. The summed E-state index contributed by atoms with van der Waals surface area (Å²) in [5.41, 5.74) is 1.25. The van der Waals surface area contributed by atoms with Crippen molar-refractivity contribution in [3.8, 4) is 11.3 Å². The number of amides is 2. The van der Waals surface area contributed by atoms with Gasteiger partial charge in [-0.3, -0.25) is 9.59 Å². The van der Waals surface area contributed by atoms with E-state index < -0.39 is 16.6 Å². The molecule has 2 aromatic heterocycles. The summed E-state index contributed by atoms with van der Waals surface area (Å²) in [6, 6.07) is 10.6. The van der Waals surface area contributed by atoms with E-state index in [1.165, 1.54) is 0 Å². The van der Waals surface area contributed by atoms with Crippen LogP contribution in [0, 0.1) is 10.1 Å². The summed E-state index contributed by atoms with van der Waals surface area (Å²) in [4.78, 5) is 36.7. The van der Waals surface area contributed by atoms with E-state index >= 15 is 0 Å². The molecule has 0 radical (unpaired) electrons. The Hall–Kier alpha value is -4.02. The third-order valence-corrected chi connectivity index (χ3v) is 4.65. The number of carbonyl (C=O) groups is 2. The second-order valence-corrected chi connectivity index (χ2v) is 6.54. The minimum Gasteiger partial charge on any atom is -0.358 e. The van der Waals surface area contributed by atoms with Gasteiger partial charge in [0.2, 0.25) is 5.76 Å². The highest BCUT2D eigenvalue weighted by Crippen LogP contribution is 2.21. The Kier molecular flexibility index (Phi) is 4.77. The predicted octanol–water partition coefficient (Wildman–Crippen LogP) is 1.62.